The minimum Gasteiger partial charge on any atom is -0.497 e. The second-order valence-electron chi connectivity index (χ2n) is 6.81. The summed E-state index contributed by atoms with van der Waals surface area (Å²) >= 11 is 0. The highest BCUT2D eigenvalue weighted by Gasteiger charge is 2.19. The van der Waals surface area contributed by atoms with Crippen LogP contribution in [0.2, 0.25) is 0 Å². The van der Waals surface area contributed by atoms with Crippen LogP contribution in [0.15, 0.2) is 48.7 Å². The molecule has 0 amide bonds. The van der Waals surface area contributed by atoms with Crippen LogP contribution in [0.4, 0.5) is 4.39 Å². The zero-order chi connectivity index (χ0) is 19.6. The molecule has 0 atom stereocenters. The molecule has 0 aliphatic rings. The Balaban J connectivity index is 2.36. The van der Waals surface area contributed by atoms with Crippen LogP contribution in [0, 0.1) is 12.7 Å². The van der Waals surface area contributed by atoms with Crippen molar-refractivity contribution in [2.75, 3.05) is 14.2 Å². The number of methoxy groups -OCH3 is 2. The largest absolute Gasteiger partial charge is 0.497 e. The Bertz CT molecular complexity index is 927. The number of rotatable bonds is 5. The molecule has 0 unspecified atom stereocenters. The van der Waals surface area contributed by atoms with Crippen LogP contribution in [0.1, 0.15) is 31.0 Å². The molecule has 3 rings (SSSR count). The molecular weight excluding hydrogens is 341 g/mol. The van der Waals surface area contributed by atoms with E-state index in [0.29, 0.717) is 0 Å². The van der Waals surface area contributed by atoms with Gasteiger partial charge in [-0.05, 0) is 59.4 Å². The molecule has 3 nitrogen and oxygen atoms in total. The van der Waals surface area contributed by atoms with Crippen LogP contribution in [0.25, 0.3) is 22.3 Å². The minimum absolute atomic E-state index is 0.256. The molecule has 0 aliphatic carbocycles. The molecule has 0 radical (unpaired) electrons. The van der Waals surface area contributed by atoms with Crippen molar-refractivity contribution in [1.82, 2.24) is 4.98 Å². The first kappa shape index (κ1) is 18.9. The highest BCUT2D eigenvalue weighted by molar-refractivity contribution is 5.88. The van der Waals surface area contributed by atoms with E-state index >= 15 is 0 Å². The lowest BCUT2D eigenvalue weighted by molar-refractivity contribution is 0.394. The van der Waals surface area contributed by atoms with Crippen LogP contribution >= 0.6 is 0 Å². The van der Waals surface area contributed by atoms with Crippen molar-refractivity contribution in [1.29, 1.82) is 0 Å². The summed E-state index contributed by atoms with van der Waals surface area (Å²) < 4.78 is 24.4. The first-order valence-electron chi connectivity index (χ1n) is 8.93. The average Bonchev–Trinajstić information content (AvgIpc) is 2.67. The van der Waals surface area contributed by atoms with E-state index in [0.717, 1.165) is 45.0 Å². The molecule has 0 bridgehead atoms. The number of aromatic nitrogens is 1. The summed E-state index contributed by atoms with van der Waals surface area (Å²) in [5, 5.41) is 0. The monoisotopic (exact) mass is 365 g/mol. The van der Waals surface area contributed by atoms with Gasteiger partial charge in [-0.25, -0.2) is 4.39 Å². The summed E-state index contributed by atoms with van der Waals surface area (Å²) in [6, 6.07) is 12.4. The molecule has 0 saturated carbocycles. The molecule has 0 fully saturated rings. The lowest BCUT2D eigenvalue weighted by Crippen LogP contribution is -2.01. The molecule has 1 aromatic heterocycles. The van der Waals surface area contributed by atoms with Gasteiger partial charge in [0.1, 0.15) is 17.3 Å². The third-order valence-corrected chi connectivity index (χ3v) is 4.69. The van der Waals surface area contributed by atoms with Crippen LogP contribution in [0.5, 0.6) is 11.5 Å². The fourth-order valence-corrected chi connectivity index (χ4v) is 3.29. The van der Waals surface area contributed by atoms with Crippen molar-refractivity contribution < 1.29 is 13.9 Å². The summed E-state index contributed by atoms with van der Waals surface area (Å²) in [7, 11) is 3.28. The normalized spacial score (nSPS) is 10.9. The maximum atomic E-state index is 13.5. The number of nitrogens with zero attached hydrogens (tertiary/aromatic N) is 1. The van der Waals surface area contributed by atoms with Gasteiger partial charge in [0.15, 0.2) is 0 Å². The Morgan fingerprint density at radius 1 is 0.852 bits per heavy atom. The van der Waals surface area contributed by atoms with Gasteiger partial charge in [-0.15, -0.1) is 0 Å². The van der Waals surface area contributed by atoms with E-state index in [2.05, 4.69) is 18.8 Å². The highest BCUT2D eigenvalue weighted by Crippen LogP contribution is 2.41. The molecule has 27 heavy (non-hydrogen) atoms. The van der Waals surface area contributed by atoms with Crippen molar-refractivity contribution in [2.24, 2.45) is 0 Å². The highest BCUT2D eigenvalue weighted by atomic mass is 19.1. The lowest BCUT2D eigenvalue weighted by Gasteiger charge is -2.20. The summed E-state index contributed by atoms with van der Waals surface area (Å²) in [6.45, 7) is 6.26. The summed E-state index contributed by atoms with van der Waals surface area (Å²) in [4.78, 5) is 4.61. The Kier molecular flexibility index (Phi) is 5.45. The molecule has 3 aromatic rings. The Morgan fingerprint density at radius 3 is 1.96 bits per heavy atom. The fourth-order valence-electron chi connectivity index (χ4n) is 3.29. The van der Waals surface area contributed by atoms with Crippen molar-refractivity contribution in [3.8, 4) is 33.8 Å². The molecule has 2 aromatic carbocycles. The number of hydrogen-bond donors (Lipinski definition) is 0. The lowest BCUT2D eigenvalue weighted by atomic mass is 9.86. The molecular formula is C23H24FNO2. The van der Waals surface area contributed by atoms with Gasteiger partial charge in [0, 0.05) is 23.5 Å². The van der Waals surface area contributed by atoms with E-state index in [4.69, 9.17) is 9.47 Å². The topological polar surface area (TPSA) is 31.4 Å². The second kappa shape index (κ2) is 7.78. The smallest absolute Gasteiger partial charge is 0.123 e. The van der Waals surface area contributed by atoms with Gasteiger partial charge in [0.05, 0.1) is 14.2 Å². The van der Waals surface area contributed by atoms with Crippen molar-refractivity contribution in [3.63, 3.8) is 0 Å². The second-order valence-corrected chi connectivity index (χ2v) is 6.81. The van der Waals surface area contributed by atoms with E-state index in [-0.39, 0.29) is 11.7 Å². The van der Waals surface area contributed by atoms with E-state index in [1.807, 2.05) is 31.3 Å². The number of aryl methyl sites for hydroxylation is 1. The number of ether oxygens (including phenoxy) is 2. The summed E-state index contributed by atoms with van der Waals surface area (Å²) in [5.74, 6) is 1.45. The quantitative estimate of drug-likeness (QED) is 0.555. The zero-order valence-corrected chi connectivity index (χ0v) is 16.3. The van der Waals surface area contributed by atoms with Gasteiger partial charge in [0.25, 0.3) is 0 Å². The van der Waals surface area contributed by atoms with Crippen LogP contribution in [-0.4, -0.2) is 19.2 Å². The Morgan fingerprint density at radius 2 is 1.44 bits per heavy atom. The summed E-state index contributed by atoms with van der Waals surface area (Å²) in [6.07, 6.45) is 1.92. The molecule has 1 heterocycles. The van der Waals surface area contributed by atoms with Gasteiger partial charge < -0.3 is 9.47 Å². The van der Waals surface area contributed by atoms with E-state index in [9.17, 15) is 4.39 Å². The van der Waals surface area contributed by atoms with Crippen LogP contribution in [0.3, 0.4) is 0 Å². The number of pyridine rings is 1. The Labute approximate surface area is 159 Å². The Hall–Kier alpha value is -2.88. The molecule has 0 N–H and O–H groups in total. The van der Waals surface area contributed by atoms with Gasteiger partial charge in [-0.2, -0.15) is 0 Å². The van der Waals surface area contributed by atoms with Gasteiger partial charge in [-0.3, -0.25) is 4.98 Å². The molecule has 0 saturated heterocycles. The van der Waals surface area contributed by atoms with Gasteiger partial charge in [-0.1, -0.05) is 26.0 Å². The molecule has 140 valence electrons. The first-order valence-corrected chi connectivity index (χ1v) is 8.93. The third-order valence-electron chi connectivity index (χ3n) is 4.69. The predicted octanol–water partition coefficient (Wildman–Crippen LogP) is 6.00. The SMILES string of the molecule is COc1cc(OC)cc(-c2c(C(C)C)cnc(C)c2-c2ccc(F)cc2)c1. The van der Waals surface area contributed by atoms with Crippen LogP contribution < -0.4 is 9.47 Å². The predicted molar refractivity (Wildman–Crippen MR) is 107 cm³/mol. The first-order chi connectivity index (χ1) is 12.9. The van der Waals surface area contributed by atoms with E-state index in [1.165, 1.54) is 12.1 Å². The standard InChI is InChI=1S/C23H24FNO2/c1-14(2)21-13-25-15(3)22(16-6-8-18(24)9-7-16)23(21)17-10-19(26-4)12-20(11-17)27-5/h6-14H,1-5H3. The zero-order valence-electron chi connectivity index (χ0n) is 16.3. The number of halogens is 1. The third kappa shape index (κ3) is 3.80. The number of benzene rings is 2. The maximum Gasteiger partial charge on any atom is 0.123 e. The molecule has 0 aliphatic heterocycles. The van der Waals surface area contributed by atoms with Gasteiger partial charge in [0.2, 0.25) is 0 Å². The average molecular weight is 365 g/mol. The minimum atomic E-state index is -0.256. The van der Waals surface area contributed by atoms with E-state index < -0.39 is 0 Å². The maximum absolute atomic E-state index is 13.5. The van der Waals surface area contributed by atoms with Crippen molar-refractivity contribution in [3.05, 3.63) is 65.7 Å². The van der Waals surface area contributed by atoms with Crippen molar-refractivity contribution in [2.45, 2.75) is 26.7 Å². The number of hydrogen-bond acceptors (Lipinski definition) is 3. The summed E-state index contributed by atoms with van der Waals surface area (Å²) in [5.41, 5.74) is 6.00. The van der Waals surface area contributed by atoms with E-state index in [1.54, 1.807) is 26.4 Å². The van der Waals surface area contributed by atoms with Crippen molar-refractivity contribution >= 4 is 0 Å². The molecule has 4 heteroatoms. The van der Waals surface area contributed by atoms with Crippen LogP contribution in [-0.2, 0) is 0 Å². The van der Waals surface area contributed by atoms with Gasteiger partial charge >= 0.3 is 0 Å². The fraction of sp³-hybridized carbons (Fsp3) is 0.261. The molecule has 0 spiro atoms.